The average molecular weight is 260 g/mol. The molecule has 3 aromatic rings. The zero-order valence-corrected chi connectivity index (χ0v) is 9.42. The standard InChI is InChI=1S/C12H6F2N4O/c13-9-5-16-11(14)3-7(9)12(19)8-4-17-18-2-1-15-6-10(8)18/h1-6H. The first-order chi connectivity index (χ1) is 9.16. The van der Waals surface area contributed by atoms with E-state index in [4.69, 9.17) is 0 Å². The van der Waals surface area contributed by atoms with Crippen molar-refractivity contribution < 1.29 is 13.6 Å². The number of nitrogens with zero attached hydrogens (tertiary/aromatic N) is 4. The summed E-state index contributed by atoms with van der Waals surface area (Å²) in [6, 6.07) is 0.761. The minimum absolute atomic E-state index is 0.151. The zero-order valence-electron chi connectivity index (χ0n) is 9.42. The van der Waals surface area contributed by atoms with E-state index in [2.05, 4.69) is 15.1 Å². The maximum absolute atomic E-state index is 13.5. The number of aromatic nitrogens is 4. The highest BCUT2D eigenvalue weighted by Crippen LogP contribution is 2.17. The van der Waals surface area contributed by atoms with Gasteiger partial charge >= 0.3 is 0 Å². The number of ketones is 1. The van der Waals surface area contributed by atoms with Gasteiger partial charge in [-0.2, -0.15) is 9.49 Å². The lowest BCUT2D eigenvalue weighted by Crippen LogP contribution is -2.06. The summed E-state index contributed by atoms with van der Waals surface area (Å²) in [6.45, 7) is 0. The van der Waals surface area contributed by atoms with E-state index in [1.54, 1.807) is 6.20 Å². The van der Waals surface area contributed by atoms with Crippen LogP contribution in [0.25, 0.3) is 5.52 Å². The van der Waals surface area contributed by atoms with Crippen LogP contribution in [0.2, 0.25) is 0 Å². The molecule has 0 spiro atoms. The Morgan fingerprint density at radius 1 is 1.16 bits per heavy atom. The molecule has 0 aliphatic carbocycles. The van der Waals surface area contributed by atoms with Crippen molar-refractivity contribution in [2.24, 2.45) is 0 Å². The second-order valence-corrected chi connectivity index (χ2v) is 3.78. The third-order valence-corrected chi connectivity index (χ3v) is 2.64. The predicted molar refractivity (Wildman–Crippen MR) is 60.6 cm³/mol. The van der Waals surface area contributed by atoms with Gasteiger partial charge in [0, 0.05) is 18.5 Å². The largest absolute Gasteiger partial charge is 0.288 e. The molecule has 19 heavy (non-hydrogen) atoms. The van der Waals surface area contributed by atoms with Crippen LogP contribution in [-0.2, 0) is 0 Å². The van der Waals surface area contributed by atoms with Crippen LogP contribution in [0.4, 0.5) is 8.78 Å². The summed E-state index contributed by atoms with van der Waals surface area (Å²) in [5.74, 6) is -2.46. The van der Waals surface area contributed by atoms with Gasteiger partial charge in [-0.05, 0) is 0 Å². The van der Waals surface area contributed by atoms with E-state index in [0.29, 0.717) is 11.7 Å². The van der Waals surface area contributed by atoms with E-state index in [1.807, 2.05) is 0 Å². The van der Waals surface area contributed by atoms with Gasteiger partial charge in [0.05, 0.1) is 35.2 Å². The quantitative estimate of drug-likeness (QED) is 0.519. The third-order valence-electron chi connectivity index (χ3n) is 2.64. The Morgan fingerprint density at radius 3 is 2.84 bits per heavy atom. The van der Waals surface area contributed by atoms with Crippen molar-refractivity contribution in [1.29, 1.82) is 0 Å². The molecule has 0 fully saturated rings. The van der Waals surface area contributed by atoms with Gasteiger partial charge in [0.1, 0.15) is 0 Å². The molecule has 94 valence electrons. The van der Waals surface area contributed by atoms with Gasteiger partial charge in [0.25, 0.3) is 0 Å². The van der Waals surface area contributed by atoms with Crippen molar-refractivity contribution in [2.45, 2.75) is 0 Å². The molecule has 0 aromatic carbocycles. The monoisotopic (exact) mass is 260 g/mol. The topological polar surface area (TPSA) is 60.2 Å². The molecule has 0 amide bonds. The smallest absolute Gasteiger partial charge is 0.213 e. The van der Waals surface area contributed by atoms with Crippen molar-refractivity contribution in [3.05, 3.63) is 59.9 Å². The number of fused-ring (bicyclic) bond motifs is 1. The average Bonchev–Trinajstić information content (AvgIpc) is 2.84. The second kappa shape index (κ2) is 4.20. The summed E-state index contributed by atoms with van der Waals surface area (Å²) in [6.07, 6.45) is 6.44. The Kier molecular flexibility index (Phi) is 2.52. The Bertz CT molecular complexity index is 784. The predicted octanol–water partition coefficient (Wildman–Crippen LogP) is 1.63. The zero-order chi connectivity index (χ0) is 13.4. The van der Waals surface area contributed by atoms with Gasteiger partial charge < -0.3 is 0 Å². The van der Waals surface area contributed by atoms with Crippen molar-refractivity contribution in [3.63, 3.8) is 0 Å². The number of halogens is 2. The van der Waals surface area contributed by atoms with Crippen LogP contribution in [0.1, 0.15) is 15.9 Å². The molecule has 3 aromatic heterocycles. The lowest BCUT2D eigenvalue weighted by molar-refractivity contribution is 0.103. The van der Waals surface area contributed by atoms with Crippen LogP contribution in [0, 0.1) is 11.8 Å². The van der Waals surface area contributed by atoms with Crippen molar-refractivity contribution in [2.75, 3.05) is 0 Å². The number of hydrogen-bond acceptors (Lipinski definition) is 4. The molecule has 0 bridgehead atoms. The molecule has 0 radical (unpaired) electrons. The molecule has 0 saturated heterocycles. The van der Waals surface area contributed by atoms with Gasteiger partial charge in [-0.25, -0.2) is 13.9 Å². The first-order valence-corrected chi connectivity index (χ1v) is 5.30. The van der Waals surface area contributed by atoms with Crippen LogP contribution in [0.5, 0.6) is 0 Å². The normalized spacial score (nSPS) is 10.8. The molecule has 7 heteroatoms. The summed E-state index contributed by atoms with van der Waals surface area (Å²) < 4.78 is 27.9. The summed E-state index contributed by atoms with van der Waals surface area (Å²) in [4.78, 5) is 19.2. The number of rotatable bonds is 2. The van der Waals surface area contributed by atoms with Crippen LogP contribution in [0.3, 0.4) is 0 Å². The molecule has 0 saturated carbocycles. The molecule has 3 rings (SSSR count). The molecule has 3 heterocycles. The minimum Gasteiger partial charge on any atom is -0.288 e. The lowest BCUT2D eigenvalue weighted by Gasteiger charge is -2.00. The van der Waals surface area contributed by atoms with Crippen molar-refractivity contribution >= 4 is 11.3 Å². The SMILES string of the molecule is O=C(c1cc(F)ncc1F)c1cnn2ccncc12. The number of carbonyl (C=O) groups is 1. The van der Waals surface area contributed by atoms with Crippen LogP contribution < -0.4 is 0 Å². The fraction of sp³-hybridized carbons (Fsp3) is 0. The van der Waals surface area contributed by atoms with Gasteiger partial charge in [-0.3, -0.25) is 9.78 Å². The van der Waals surface area contributed by atoms with Gasteiger partial charge in [-0.15, -0.1) is 0 Å². The fourth-order valence-corrected chi connectivity index (χ4v) is 1.74. The van der Waals surface area contributed by atoms with Gasteiger partial charge in [0.2, 0.25) is 5.95 Å². The summed E-state index contributed by atoms with van der Waals surface area (Å²) in [5, 5.41) is 3.94. The van der Waals surface area contributed by atoms with Crippen molar-refractivity contribution in [1.82, 2.24) is 19.6 Å². The Morgan fingerprint density at radius 2 is 2.00 bits per heavy atom. The van der Waals surface area contributed by atoms with Crippen LogP contribution in [0.15, 0.2) is 37.1 Å². The lowest BCUT2D eigenvalue weighted by atomic mass is 10.1. The first kappa shape index (κ1) is 11.4. The van der Waals surface area contributed by atoms with Crippen LogP contribution in [-0.4, -0.2) is 25.4 Å². The second-order valence-electron chi connectivity index (χ2n) is 3.78. The van der Waals surface area contributed by atoms with Crippen molar-refractivity contribution in [3.8, 4) is 0 Å². The van der Waals surface area contributed by atoms with Gasteiger partial charge in [-0.1, -0.05) is 0 Å². The number of hydrogen-bond donors (Lipinski definition) is 0. The molecular formula is C12H6F2N4O. The van der Waals surface area contributed by atoms with E-state index in [9.17, 15) is 13.6 Å². The molecule has 0 unspecified atom stereocenters. The maximum atomic E-state index is 13.5. The van der Waals surface area contributed by atoms with E-state index < -0.39 is 17.5 Å². The molecule has 5 nitrogen and oxygen atoms in total. The Labute approximate surface area is 105 Å². The molecule has 0 N–H and O–H groups in total. The summed E-state index contributed by atoms with van der Waals surface area (Å²) >= 11 is 0. The van der Waals surface area contributed by atoms with Gasteiger partial charge in [0.15, 0.2) is 11.6 Å². The first-order valence-electron chi connectivity index (χ1n) is 5.30. The summed E-state index contributed by atoms with van der Waals surface area (Å²) in [5.41, 5.74) is 0.188. The maximum Gasteiger partial charge on any atom is 0.213 e. The molecule has 0 aliphatic heterocycles. The number of carbonyl (C=O) groups excluding carboxylic acids is 1. The summed E-state index contributed by atoms with van der Waals surface area (Å²) in [7, 11) is 0. The number of pyridine rings is 1. The third kappa shape index (κ3) is 1.85. The Hall–Kier alpha value is -2.70. The fourth-order valence-electron chi connectivity index (χ4n) is 1.74. The molecule has 0 aliphatic rings. The molecule has 0 atom stereocenters. The minimum atomic E-state index is -0.917. The van der Waals surface area contributed by atoms with Crippen LogP contribution >= 0.6 is 0 Å². The highest BCUT2D eigenvalue weighted by molar-refractivity contribution is 6.12. The van der Waals surface area contributed by atoms with E-state index in [-0.39, 0.29) is 11.1 Å². The highest BCUT2D eigenvalue weighted by atomic mass is 19.1. The Balaban J connectivity index is 2.16. The highest BCUT2D eigenvalue weighted by Gasteiger charge is 2.19. The van der Waals surface area contributed by atoms with E-state index in [0.717, 1.165) is 6.07 Å². The van der Waals surface area contributed by atoms with E-state index in [1.165, 1.54) is 23.1 Å². The van der Waals surface area contributed by atoms with E-state index >= 15 is 0 Å². The molecular weight excluding hydrogens is 254 g/mol.